The fourth-order valence-electron chi connectivity index (χ4n) is 2.70. The van der Waals surface area contributed by atoms with E-state index in [2.05, 4.69) is 15.3 Å². The maximum atomic E-state index is 12.5. The molecule has 1 aliphatic rings. The molecule has 2 aromatic rings. The van der Waals surface area contributed by atoms with Crippen LogP contribution in [0.1, 0.15) is 28.9 Å². The molecule has 24 heavy (non-hydrogen) atoms. The fourth-order valence-corrected chi connectivity index (χ4v) is 2.70. The zero-order chi connectivity index (χ0) is 16.8. The van der Waals surface area contributed by atoms with E-state index in [0.29, 0.717) is 24.7 Å². The Bertz CT molecular complexity index is 672. The number of rotatable bonds is 6. The number of nitrogens with one attached hydrogen (secondary N) is 1. The quantitative estimate of drug-likeness (QED) is 0.882. The molecule has 1 N–H and O–H groups in total. The third kappa shape index (κ3) is 4.29. The van der Waals surface area contributed by atoms with Gasteiger partial charge in [-0.2, -0.15) is 0 Å². The molecule has 1 unspecified atom stereocenters. The number of ether oxygens (including phenoxy) is 1. The summed E-state index contributed by atoms with van der Waals surface area (Å²) in [4.78, 5) is 22.7. The van der Waals surface area contributed by atoms with E-state index >= 15 is 0 Å². The standard InChI is InChI=1S/C18H22N4O2/c1-22(13-14-6-3-2-4-7-14)17(23)16-9-10-19-18(21-16)20-12-15-8-5-11-24-15/h2-4,6-7,9-10,15H,5,8,11-13H2,1H3,(H,19,20,21). The summed E-state index contributed by atoms with van der Waals surface area (Å²) < 4.78 is 5.56. The Labute approximate surface area is 141 Å². The van der Waals surface area contributed by atoms with Gasteiger partial charge >= 0.3 is 0 Å². The SMILES string of the molecule is CN(Cc1ccccc1)C(=O)c1ccnc(NCC2CCCO2)n1. The van der Waals surface area contributed by atoms with Crippen molar-refractivity contribution in [2.75, 3.05) is 25.5 Å². The molecule has 2 heterocycles. The predicted molar refractivity (Wildman–Crippen MR) is 91.7 cm³/mol. The summed E-state index contributed by atoms with van der Waals surface area (Å²) in [6.07, 6.45) is 3.95. The number of carbonyl (C=O) groups excluding carboxylic acids is 1. The van der Waals surface area contributed by atoms with Gasteiger partial charge in [-0.25, -0.2) is 9.97 Å². The van der Waals surface area contributed by atoms with Crippen molar-refractivity contribution in [2.24, 2.45) is 0 Å². The first-order chi connectivity index (χ1) is 11.7. The van der Waals surface area contributed by atoms with E-state index in [0.717, 1.165) is 25.0 Å². The second-order valence-electron chi connectivity index (χ2n) is 5.93. The van der Waals surface area contributed by atoms with Gasteiger partial charge in [-0.15, -0.1) is 0 Å². The molecule has 1 atom stereocenters. The highest BCUT2D eigenvalue weighted by Gasteiger charge is 2.17. The van der Waals surface area contributed by atoms with Gasteiger partial charge < -0.3 is 15.0 Å². The number of hydrogen-bond donors (Lipinski definition) is 1. The second kappa shape index (κ2) is 7.88. The normalized spacial score (nSPS) is 16.8. The Morgan fingerprint density at radius 1 is 1.33 bits per heavy atom. The Hall–Kier alpha value is -2.47. The highest BCUT2D eigenvalue weighted by atomic mass is 16.5. The van der Waals surface area contributed by atoms with Crippen LogP contribution in [0.2, 0.25) is 0 Å². The summed E-state index contributed by atoms with van der Waals surface area (Å²) in [7, 11) is 1.77. The third-order valence-corrected chi connectivity index (χ3v) is 4.00. The predicted octanol–water partition coefficient (Wildman–Crippen LogP) is 2.34. The van der Waals surface area contributed by atoms with Gasteiger partial charge in [-0.05, 0) is 24.5 Å². The van der Waals surface area contributed by atoms with E-state index in [1.54, 1.807) is 24.2 Å². The lowest BCUT2D eigenvalue weighted by molar-refractivity contribution is 0.0779. The van der Waals surface area contributed by atoms with Crippen molar-refractivity contribution in [2.45, 2.75) is 25.5 Å². The number of carbonyl (C=O) groups is 1. The summed E-state index contributed by atoms with van der Waals surface area (Å²) in [5, 5.41) is 3.15. The van der Waals surface area contributed by atoms with Crippen molar-refractivity contribution in [3.05, 3.63) is 53.9 Å². The van der Waals surface area contributed by atoms with Crippen molar-refractivity contribution in [1.29, 1.82) is 0 Å². The molecule has 0 aliphatic carbocycles. The highest BCUT2D eigenvalue weighted by Crippen LogP contribution is 2.13. The molecule has 6 nitrogen and oxygen atoms in total. The zero-order valence-corrected chi connectivity index (χ0v) is 13.8. The molecule has 1 amide bonds. The van der Waals surface area contributed by atoms with E-state index in [9.17, 15) is 4.79 Å². The molecule has 1 aromatic carbocycles. The minimum Gasteiger partial charge on any atom is -0.376 e. The lowest BCUT2D eigenvalue weighted by Crippen LogP contribution is -2.27. The first kappa shape index (κ1) is 16.4. The molecule has 1 aromatic heterocycles. The molecule has 0 radical (unpaired) electrons. The smallest absolute Gasteiger partial charge is 0.272 e. The van der Waals surface area contributed by atoms with Crippen LogP contribution in [-0.4, -0.2) is 47.1 Å². The summed E-state index contributed by atoms with van der Waals surface area (Å²) in [6.45, 7) is 2.02. The van der Waals surface area contributed by atoms with Crippen molar-refractivity contribution in [3.63, 3.8) is 0 Å². The Morgan fingerprint density at radius 2 is 2.17 bits per heavy atom. The number of amides is 1. The van der Waals surface area contributed by atoms with Crippen molar-refractivity contribution in [1.82, 2.24) is 14.9 Å². The first-order valence-corrected chi connectivity index (χ1v) is 8.20. The Kier molecular flexibility index (Phi) is 5.38. The monoisotopic (exact) mass is 326 g/mol. The van der Waals surface area contributed by atoms with Crippen LogP contribution < -0.4 is 5.32 Å². The minimum absolute atomic E-state index is 0.124. The minimum atomic E-state index is -0.124. The van der Waals surface area contributed by atoms with Crippen LogP contribution in [0.15, 0.2) is 42.6 Å². The number of aromatic nitrogens is 2. The Balaban J connectivity index is 1.60. The molecule has 1 aliphatic heterocycles. The van der Waals surface area contributed by atoms with Gasteiger partial charge in [0.25, 0.3) is 5.91 Å². The van der Waals surface area contributed by atoms with E-state index in [4.69, 9.17) is 4.74 Å². The third-order valence-electron chi connectivity index (χ3n) is 4.00. The van der Waals surface area contributed by atoms with Gasteiger partial charge in [0.15, 0.2) is 0 Å². The summed E-state index contributed by atoms with van der Waals surface area (Å²) >= 11 is 0. The van der Waals surface area contributed by atoms with E-state index < -0.39 is 0 Å². The molecular weight excluding hydrogens is 304 g/mol. The number of benzene rings is 1. The molecule has 126 valence electrons. The van der Waals surface area contributed by atoms with Crippen LogP contribution in [-0.2, 0) is 11.3 Å². The van der Waals surface area contributed by atoms with E-state index in [1.165, 1.54) is 0 Å². The van der Waals surface area contributed by atoms with Crippen LogP contribution in [0.4, 0.5) is 5.95 Å². The average Bonchev–Trinajstić information content (AvgIpc) is 3.14. The average molecular weight is 326 g/mol. The maximum absolute atomic E-state index is 12.5. The van der Waals surface area contributed by atoms with Gasteiger partial charge in [0.1, 0.15) is 5.69 Å². The van der Waals surface area contributed by atoms with E-state index in [1.807, 2.05) is 30.3 Å². The molecule has 0 bridgehead atoms. The van der Waals surface area contributed by atoms with Crippen LogP contribution >= 0.6 is 0 Å². The topological polar surface area (TPSA) is 67.4 Å². The second-order valence-corrected chi connectivity index (χ2v) is 5.93. The van der Waals surface area contributed by atoms with Gasteiger partial charge in [-0.3, -0.25) is 4.79 Å². The number of nitrogens with zero attached hydrogens (tertiary/aromatic N) is 3. The fraction of sp³-hybridized carbons (Fsp3) is 0.389. The van der Waals surface area contributed by atoms with Crippen molar-refractivity contribution in [3.8, 4) is 0 Å². The van der Waals surface area contributed by atoms with Crippen molar-refractivity contribution < 1.29 is 9.53 Å². The summed E-state index contributed by atoms with van der Waals surface area (Å²) in [5.41, 5.74) is 1.47. The lowest BCUT2D eigenvalue weighted by atomic mass is 10.2. The van der Waals surface area contributed by atoms with Crippen molar-refractivity contribution >= 4 is 11.9 Å². The molecule has 0 spiro atoms. The molecule has 1 fully saturated rings. The molecule has 1 saturated heterocycles. The molecular formula is C18H22N4O2. The Morgan fingerprint density at radius 3 is 2.92 bits per heavy atom. The molecule has 3 rings (SSSR count). The van der Waals surface area contributed by atoms with Crippen LogP contribution in [0.25, 0.3) is 0 Å². The summed E-state index contributed by atoms with van der Waals surface area (Å²) in [5.74, 6) is 0.339. The van der Waals surface area contributed by atoms with Gasteiger partial charge in [0.05, 0.1) is 6.10 Å². The van der Waals surface area contributed by atoms with Gasteiger partial charge in [0, 0.05) is 32.9 Å². The van der Waals surface area contributed by atoms with Crippen LogP contribution in [0.5, 0.6) is 0 Å². The number of hydrogen-bond acceptors (Lipinski definition) is 5. The number of anilines is 1. The first-order valence-electron chi connectivity index (χ1n) is 8.20. The van der Waals surface area contributed by atoms with Crippen LogP contribution in [0, 0.1) is 0 Å². The van der Waals surface area contributed by atoms with Gasteiger partial charge in [0.2, 0.25) is 5.95 Å². The largest absolute Gasteiger partial charge is 0.376 e. The molecule has 0 saturated carbocycles. The van der Waals surface area contributed by atoms with Gasteiger partial charge in [-0.1, -0.05) is 30.3 Å². The maximum Gasteiger partial charge on any atom is 0.272 e. The molecule has 6 heteroatoms. The van der Waals surface area contributed by atoms with Crippen LogP contribution in [0.3, 0.4) is 0 Å². The van der Waals surface area contributed by atoms with E-state index in [-0.39, 0.29) is 12.0 Å². The lowest BCUT2D eigenvalue weighted by Gasteiger charge is -2.17. The highest BCUT2D eigenvalue weighted by molar-refractivity contribution is 5.92. The zero-order valence-electron chi connectivity index (χ0n) is 13.8. The summed E-state index contributed by atoms with van der Waals surface area (Å²) in [6, 6.07) is 11.5.